The molecule has 1 aliphatic heterocycles. The average molecular weight is 408 g/mol. The van der Waals surface area contributed by atoms with Crippen LogP contribution in [0.25, 0.3) is 0 Å². The molecule has 4 N–H and O–H groups in total. The fourth-order valence-electron chi connectivity index (χ4n) is 3.13. The Labute approximate surface area is 167 Å². The van der Waals surface area contributed by atoms with Gasteiger partial charge in [0, 0.05) is 5.02 Å². The van der Waals surface area contributed by atoms with E-state index in [2.05, 4.69) is 5.16 Å². The van der Waals surface area contributed by atoms with Crippen LogP contribution in [0.4, 0.5) is 0 Å². The molecule has 0 radical (unpaired) electrons. The molecule has 0 amide bonds. The molecule has 2 aromatic carbocycles. The lowest BCUT2D eigenvalue weighted by molar-refractivity contribution is -0.121. The number of aliphatic hydroxyl groups is 3. The van der Waals surface area contributed by atoms with Crippen LogP contribution in [-0.2, 0) is 11.2 Å². The summed E-state index contributed by atoms with van der Waals surface area (Å²) in [5, 5.41) is 42.4. The van der Waals surface area contributed by atoms with E-state index in [0.29, 0.717) is 23.6 Å². The van der Waals surface area contributed by atoms with E-state index in [-0.39, 0.29) is 0 Å². The van der Waals surface area contributed by atoms with Crippen molar-refractivity contribution in [1.82, 2.24) is 0 Å². The summed E-state index contributed by atoms with van der Waals surface area (Å²) in [6, 6.07) is 12.7. The zero-order valence-corrected chi connectivity index (χ0v) is 16.0. The number of aliphatic hydroxyl groups excluding tert-OH is 3. The third-order valence-electron chi connectivity index (χ3n) is 4.61. The van der Waals surface area contributed by atoms with Crippen LogP contribution in [0.2, 0.25) is 5.02 Å². The zero-order chi connectivity index (χ0) is 20.3. The molecule has 0 bridgehead atoms. The van der Waals surface area contributed by atoms with Crippen molar-refractivity contribution in [3.8, 4) is 5.75 Å². The molecule has 1 saturated heterocycles. The fourth-order valence-corrected chi connectivity index (χ4v) is 3.31. The van der Waals surface area contributed by atoms with Crippen LogP contribution in [0.5, 0.6) is 5.75 Å². The second kappa shape index (κ2) is 8.79. The van der Waals surface area contributed by atoms with E-state index in [1.165, 1.54) is 0 Å². The van der Waals surface area contributed by atoms with Gasteiger partial charge in [0.15, 0.2) is 12.2 Å². The van der Waals surface area contributed by atoms with Crippen molar-refractivity contribution in [2.75, 3.05) is 6.61 Å². The molecule has 4 unspecified atom stereocenters. The van der Waals surface area contributed by atoms with Crippen molar-refractivity contribution in [3.63, 3.8) is 0 Å². The van der Waals surface area contributed by atoms with Crippen LogP contribution in [0.15, 0.2) is 47.6 Å². The van der Waals surface area contributed by atoms with Gasteiger partial charge in [0.1, 0.15) is 18.0 Å². The number of ether oxygens (including phenoxy) is 2. The van der Waals surface area contributed by atoms with Gasteiger partial charge in [-0.15, -0.1) is 0 Å². The van der Waals surface area contributed by atoms with Crippen LogP contribution in [0.1, 0.15) is 29.7 Å². The SMILES string of the molecule is CCOc1ccc(Cc2cc(C3OC(=NO)C(O)C(O)C3O)ccc2Cl)cc1. The normalized spacial score (nSPS) is 26.1. The third-order valence-corrected chi connectivity index (χ3v) is 4.98. The van der Waals surface area contributed by atoms with Crippen LogP contribution >= 0.6 is 11.6 Å². The summed E-state index contributed by atoms with van der Waals surface area (Å²) in [4.78, 5) is 0. The maximum Gasteiger partial charge on any atom is 0.258 e. The lowest BCUT2D eigenvalue weighted by Gasteiger charge is -2.36. The highest BCUT2D eigenvalue weighted by molar-refractivity contribution is 6.31. The molecule has 4 atom stereocenters. The largest absolute Gasteiger partial charge is 0.494 e. The minimum Gasteiger partial charge on any atom is -0.494 e. The molecule has 150 valence electrons. The predicted molar refractivity (Wildman–Crippen MR) is 103 cm³/mol. The highest BCUT2D eigenvalue weighted by atomic mass is 35.5. The van der Waals surface area contributed by atoms with E-state index in [1.54, 1.807) is 18.2 Å². The molecule has 28 heavy (non-hydrogen) atoms. The van der Waals surface area contributed by atoms with Crippen molar-refractivity contribution in [3.05, 3.63) is 64.2 Å². The van der Waals surface area contributed by atoms with E-state index >= 15 is 0 Å². The van der Waals surface area contributed by atoms with E-state index < -0.39 is 30.3 Å². The van der Waals surface area contributed by atoms with E-state index in [0.717, 1.165) is 16.9 Å². The first kappa shape index (κ1) is 20.4. The van der Waals surface area contributed by atoms with E-state index in [1.807, 2.05) is 31.2 Å². The molecule has 2 aromatic rings. The second-order valence-electron chi connectivity index (χ2n) is 6.51. The van der Waals surface area contributed by atoms with Gasteiger partial charge in [-0.25, -0.2) is 0 Å². The smallest absolute Gasteiger partial charge is 0.258 e. The summed E-state index contributed by atoms with van der Waals surface area (Å²) in [6.45, 7) is 2.51. The first-order valence-corrected chi connectivity index (χ1v) is 9.25. The van der Waals surface area contributed by atoms with Gasteiger partial charge in [0.05, 0.1) is 6.61 Å². The van der Waals surface area contributed by atoms with Gasteiger partial charge >= 0.3 is 0 Å². The molecule has 0 spiro atoms. The first-order valence-electron chi connectivity index (χ1n) is 8.87. The summed E-state index contributed by atoms with van der Waals surface area (Å²) in [7, 11) is 0. The Bertz CT molecular complexity index is 841. The van der Waals surface area contributed by atoms with Crippen LogP contribution < -0.4 is 4.74 Å². The summed E-state index contributed by atoms with van der Waals surface area (Å²) in [5.41, 5.74) is 2.34. The summed E-state index contributed by atoms with van der Waals surface area (Å²) in [5.74, 6) is 0.332. The Balaban J connectivity index is 1.84. The van der Waals surface area contributed by atoms with Gasteiger partial charge in [-0.05, 0) is 48.2 Å². The molecule has 0 saturated carbocycles. The number of nitrogens with zero attached hydrogens (tertiary/aromatic N) is 1. The van der Waals surface area contributed by atoms with Crippen molar-refractivity contribution >= 4 is 17.5 Å². The van der Waals surface area contributed by atoms with Crippen LogP contribution in [-0.4, -0.2) is 51.3 Å². The molecule has 7 nitrogen and oxygen atoms in total. The fraction of sp³-hybridized carbons (Fsp3) is 0.350. The van der Waals surface area contributed by atoms with Gasteiger partial charge in [0.25, 0.3) is 5.90 Å². The van der Waals surface area contributed by atoms with Gasteiger partial charge in [-0.3, -0.25) is 0 Å². The number of benzene rings is 2. The molecule has 1 heterocycles. The maximum atomic E-state index is 10.3. The zero-order valence-electron chi connectivity index (χ0n) is 15.2. The van der Waals surface area contributed by atoms with Crippen LogP contribution in [0.3, 0.4) is 0 Å². The molecule has 0 aromatic heterocycles. The van der Waals surface area contributed by atoms with Crippen molar-refractivity contribution < 1.29 is 30.0 Å². The Hall–Kier alpha value is -2.32. The average Bonchev–Trinajstić information content (AvgIpc) is 2.70. The summed E-state index contributed by atoms with van der Waals surface area (Å²) < 4.78 is 10.8. The number of hydrogen-bond acceptors (Lipinski definition) is 7. The molecule has 3 rings (SSSR count). The Morgan fingerprint density at radius 2 is 1.79 bits per heavy atom. The molecular formula is C20H22ClNO6. The topological polar surface area (TPSA) is 112 Å². The summed E-state index contributed by atoms with van der Waals surface area (Å²) >= 11 is 6.33. The van der Waals surface area contributed by atoms with Gasteiger partial charge < -0.3 is 30.0 Å². The van der Waals surface area contributed by atoms with Gasteiger partial charge in [-0.2, -0.15) is 0 Å². The highest BCUT2D eigenvalue weighted by Crippen LogP contribution is 2.33. The minimum atomic E-state index is -1.60. The lowest BCUT2D eigenvalue weighted by atomic mass is 9.92. The molecule has 1 aliphatic rings. The van der Waals surface area contributed by atoms with E-state index in [9.17, 15) is 15.3 Å². The minimum absolute atomic E-state index is 0.453. The highest BCUT2D eigenvalue weighted by Gasteiger charge is 2.43. The number of hydrogen-bond donors (Lipinski definition) is 4. The molecule has 8 heteroatoms. The maximum absolute atomic E-state index is 10.3. The van der Waals surface area contributed by atoms with Gasteiger partial charge in [0.2, 0.25) is 0 Å². The number of rotatable bonds is 5. The second-order valence-corrected chi connectivity index (χ2v) is 6.91. The predicted octanol–water partition coefficient (Wildman–Crippen LogP) is 2.27. The standard InChI is InChI=1S/C20H22ClNO6/c1-2-27-14-6-3-11(4-7-14)9-13-10-12(5-8-15(13)21)19-17(24)16(23)18(25)20(22-26)28-19/h3-8,10,16-19,23-26H,2,9H2,1H3. The first-order chi connectivity index (χ1) is 13.4. The van der Waals surface area contributed by atoms with Gasteiger partial charge in [-0.1, -0.05) is 41.0 Å². The van der Waals surface area contributed by atoms with E-state index in [4.69, 9.17) is 26.3 Å². The van der Waals surface area contributed by atoms with Crippen molar-refractivity contribution in [2.45, 2.75) is 37.8 Å². The van der Waals surface area contributed by atoms with Crippen molar-refractivity contribution in [1.29, 1.82) is 0 Å². The molecule has 1 fully saturated rings. The molecular weight excluding hydrogens is 386 g/mol. The third kappa shape index (κ3) is 4.23. The number of halogens is 1. The summed E-state index contributed by atoms with van der Waals surface area (Å²) in [6.07, 6.45) is -5.03. The Kier molecular flexibility index (Phi) is 6.41. The van der Waals surface area contributed by atoms with Crippen molar-refractivity contribution in [2.24, 2.45) is 5.16 Å². The monoisotopic (exact) mass is 407 g/mol. The lowest BCUT2D eigenvalue weighted by Crippen LogP contribution is -2.52. The Morgan fingerprint density at radius 3 is 2.43 bits per heavy atom. The Morgan fingerprint density at radius 1 is 1.07 bits per heavy atom. The molecule has 0 aliphatic carbocycles. The number of oxime groups is 1. The quantitative estimate of drug-likeness (QED) is 0.447. The van der Waals surface area contributed by atoms with Crippen LogP contribution in [0, 0.1) is 0 Å².